The second-order valence-corrected chi connectivity index (χ2v) is 9.40. The summed E-state index contributed by atoms with van der Waals surface area (Å²) in [7, 11) is 0. The normalized spacial score (nSPS) is 14.7. The van der Waals surface area contributed by atoms with Crippen LogP contribution in [0.25, 0.3) is 10.8 Å². The molecule has 2 aromatic heterocycles. The van der Waals surface area contributed by atoms with Gasteiger partial charge >= 0.3 is 5.97 Å². The van der Waals surface area contributed by atoms with Crippen molar-refractivity contribution in [2.24, 2.45) is 0 Å². The molecule has 38 heavy (non-hydrogen) atoms. The maximum Gasteiger partial charge on any atom is 0.328 e. The minimum atomic E-state index is -0.818. The summed E-state index contributed by atoms with van der Waals surface area (Å²) in [5.41, 5.74) is 0.373. The van der Waals surface area contributed by atoms with Crippen LogP contribution in [0.2, 0.25) is 0 Å². The minimum absolute atomic E-state index is 0.210. The highest BCUT2D eigenvalue weighted by Gasteiger charge is 2.30. The second-order valence-electron chi connectivity index (χ2n) is 9.40. The number of pyridine rings is 2. The van der Waals surface area contributed by atoms with Crippen LogP contribution in [-0.2, 0) is 16.0 Å². The molecule has 1 atom stereocenters. The van der Waals surface area contributed by atoms with E-state index in [9.17, 15) is 14.4 Å². The summed E-state index contributed by atoms with van der Waals surface area (Å²) in [4.78, 5) is 48.3. The highest BCUT2D eigenvalue weighted by molar-refractivity contribution is 5.86. The number of aromatic nitrogens is 2. The SMILES string of the molecule is CCOC(=O)[C@H](Cc1ccc(Oc2nccc3ccncc23)cc1)Nc1c(N2CCCCCC2)c(=O)c1=O. The van der Waals surface area contributed by atoms with Crippen LogP contribution in [-0.4, -0.2) is 41.7 Å². The molecule has 0 spiro atoms. The van der Waals surface area contributed by atoms with Gasteiger partial charge in [-0.25, -0.2) is 9.78 Å². The number of ether oxygens (including phenoxy) is 2. The summed E-state index contributed by atoms with van der Waals surface area (Å²) in [6, 6.07) is 10.3. The molecule has 0 aliphatic carbocycles. The number of anilines is 2. The van der Waals surface area contributed by atoms with Gasteiger partial charge in [-0.15, -0.1) is 0 Å². The lowest BCUT2D eigenvalue weighted by Crippen LogP contribution is -2.46. The lowest BCUT2D eigenvalue weighted by atomic mass is 10.0. The molecule has 196 valence electrons. The molecule has 1 N–H and O–H groups in total. The molecule has 1 aliphatic rings. The second kappa shape index (κ2) is 11.4. The van der Waals surface area contributed by atoms with Crippen molar-refractivity contribution < 1.29 is 14.3 Å². The Balaban J connectivity index is 1.33. The Morgan fingerprint density at radius 3 is 2.47 bits per heavy atom. The van der Waals surface area contributed by atoms with Crippen molar-refractivity contribution >= 4 is 28.1 Å². The van der Waals surface area contributed by atoms with E-state index in [1.165, 1.54) is 0 Å². The van der Waals surface area contributed by atoms with Crippen LogP contribution in [0.3, 0.4) is 0 Å². The smallest absolute Gasteiger partial charge is 0.328 e. The van der Waals surface area contributed by atoms with Gasteiger partial charge in [0.2, 0.25) is 5.88 Å². The van der Waals surface area contributed by atoms with Gasteiger partial charge in [-0.3, -0.25) is 14.6 Å². The topological polar surface area (TPSA) is 111 Å². The lowest BCUT2D eigenvalue weighted by Gasteiger charge is -2.28. The van der Waals surface area contributed by atoms with Gasteiger partial charge in [-0.1, -0.05) is 25.0 Å². The first-order valence-corrected chi connectivity index (χ1v) is 13.0. The molecule has 0 unspecified atom stereocenters. The summed E-state index contributed by atoms with van der Waals surface area (Å²) >= 11 is 0. The number of hydrogen-bond acceptors (Lipinski definition) is 9. The number of carbonyl (C=O) groups is 1. The van der Waals surface area contributed by atoms with Gasteiger partial charge < -0.3 is 19.7 Å². The van der Waals surface area contributed by atoms with E-state index < -0.39 is 22.9 Å². The first-order chi connectivity index (χ1) is 18.5. The maximum atomic E-state index is 12.8. The summed E-state index contributed by atoms with van der Waals surface area (Å²) in [6.45, 7) is 3.40. The molecule has 0 bridgehead atoms. The first kappa shape index (κ1) is 25.4. The van der Waals surface area contributed by atoms with Crippen molar-refractivity contribution in [3.05, 3.63) is 81.0 Å². The van der Waals surface area contributed by atoms with Crippen LogP contribution in [0.15, 0.2) is 64.6 Å². The first-order valence-electron chi connectivity index (χ1n) is 13.0. The average molecular weight is 515 g/mol. The van der Waals surface area contributed by atoms with Crippen LogP contribution in [0.4, 0.5) is 11.4 Å². The average Bonchev–Trinajstić information content (AvgIpc) is 3.22. The van der Waals surface area contributed by atoms with Gasteiger partial charge in [0.1, 0.15) is 23.2 Å². The van der Waals surface area contributed by atoms with Crippen molar-refractivity contribution in [2.45, 2.75) is 45.1 Å². The van der Waals surface area contributed by atoms with Crippen LogP contribution < -0.4 is 25.8 Å². The monoisotopic (exact) mass is 514 g/mol. The molecule has 9 heteroatoms. The number of hydrogen-bond donors (Lipinski definition) is 1. The summed E-state index contributed by atoms with van der Waals surface area (Å²) < 4.78 is 11.3. The zero-order chi connectivity index (χ0) is 26.5. The fraction of sp³-hybridized carbons (Fsp3) is 0.345. The molecule has 1 saturated heterocycles. The van der Waals surface area contributed by atoms with Crippen LogP contribution in [0.5, 0.6) is 11.6 Å². The molecular weight excluding hydrogens is 484 g/mol. The predicted molar refractivity (Wildman–Crippen MR) is 146 cm³/mol. The highest BCUT2D eigenvalue weighted by atomic mass is 16.5. The van der Waals surface area contributed by atoms with Crippen molar-refractivity contribution in [1.82, 2.24) is 9.97 Å². The molecular formula is C29H30N4O5. The van der Waals surface area contributed by atoms with E-state index in [0.29, 0.717) is 17.3 Å². The van der Waals surface area contributed by atoms with Gasteiger partial charge in [0.25, 0.3) is 10.9 Å². The maximum absolute atomic E-state index is 12.8. The molecule has 3 heterocycles. The van der Waals surface area contributed by atoms with Crippen molar-refractivity contribution in [3.63, 3.8) is 0 Å². The van der Waals surface area contributed by atoms with Crippen LogP contribution >= 0.6 is 0 Å². The summed E-state index contributed by atoms with van der Waals surface area (Å²) in [5, 5.41) is 4.83. The fourth-order valence-electron chi connectivity index (χ4n) is 4.83. The molecule has 9 nitrogen and oxygen atoms in total. The highest BCUT2D eigenvalue weighted by Crippen LogP contribution is 2.28. The third kappa shape index (κ3) is 5.37. The minimum Gasteiger partial charge on any atom is -0.464 e. The zero-order valence-corrected chi connectivity index (χ0v) is 21.3. The van der Waals surface area contributed by atoms with E-state index in [4.69, 9.17) is 9.47 Å². The molecule has 1 aliphatic heterocycles. The number of nitrogens with zero attached hydrogens (tertiary/aromatic N) is 3. The number of nitrogens with one attached hydrogen (secondary N) is 1. The Morgan fingerprint density at radius 1 is 1.00 bits per heavy atom. The van der Waals surface area contributed by atoms with E-state index in [1.54, 1.807) is 37.6 Å². The predicted octanol–water partition coefficient (Wildman–Crippen LogP) is 3.98. The van der Waals surface area contributed by atoms with Crippen molar-refractivity contribution in [2.75, 3.05) is 29.9 Å². The summed E-state index contributed by atoms with van der Waals surface area (Å²) in [5.74, 6) is 0.565. The van der Waals surface area contributed by atoms with Gasteiger partial charge in [-0.2, -0.15) is 0 Å². The van der Waals surface area contributed by atoms with E-state index in [1.807, 2.05) is 29.2 Å². The number of carbonyl (C=O) groups excluding carboxylic acids is 1. The molecule has 0 amide bonds. The van der Waals surface area contributed by atoms with E-state index in [2.05, 4.69) is 15.3 Å². The molecule has 2 aromatic carbocycles. The van der Waals surface area contributed by atoms with Gasteiger partial charge in [0, 0.05) is 38.1 Å². The number of benzene rings is 1. The molecule has 4 aromatic rings. The number of esters is 1. The standard InChI is InChI=1S/C29H30N4O5/c1-2-37-29(36)23(32-24-25(27(35)26(24)34)33-15-5-3-4-6-16-33)17-19-7-9-21(10-8-19)38-28-22-18-30-13-11-20(22)12-14-31-28/h7-14,18,23,32H,2-6,15-17H2,1H3/t23-/m0/s1. The van der Waals surface area contributed by atoms with E-state index in [0.717, 1.165) is 55.1 Å². The Bertz CT molecular complexity index is 1480. The van der Waals surface area contributed by atoms with Gasteiger partial charge in [0.05, 0.1) is 12.0 Å². The van der Waals surface area contributed by atoms with Gasteiger partial charge in [-0.05, 0) is 55.0 Å². The quantitative estimate of drug-likeness (QED) is 0.262. The van der Waals surface area contributed by atoms with Crippen LogP contribution in [0.1, 0.15) is 38.2 Å². The molecule has 5 rings (SSSR count). The zero-order valence-electron chi connectivity index (χ0n) is 21.3. The molecule has 0 saturated carbocycles. The fourth-order valence-corrected chi connectivity index (χ4v) is 4.83. The molecule has 1 fully saturated rings. The van der Waals surface area contributed by atoms with E-state index in [-0.39, 0.29) is 18.7 Å². The van der Waals surface area contributed by atoms with Crippen molar-refractivity contribution in [1.29, 1.82) is 0 Å². The Hall–Kier alpha value is -4.27. The lowest BCUT2D eigenvalue weighted by molar-refractivity contribution is -0.144. The molecule has 0 radical (unpaired) electrons. The third-order valence-corrected chi connectivity index (χ3v) is 6.81. The number of fused-ring (bicyclic) bond motifs is 1. The van der Waals surface area contributed by atoms with E-state index >= 15 is 0 Å². The Kier molecular flexibility index (Phi) is 7.62. The number of rotatable bonds is 9. The largest absolute Gasteiger partial charge is 0.464 e. The Labute approximate surface area is 220 Å². The van der Waals surface area contributed by atoms with Crippen LogP contribution in [0, 0.1) is 0 Å². The van der Waals surface area contributed by atoms with Gasteiger partial charge in [0.15, 0.2) is 0 Å². The Morgan fingerprint density at radius 2 is 1.74 bits per heavy atom. The van der Waals surface area contributed by atoms with Crippen molar-refractivity contribution in [3.8, 4) is 11.6 Å². The summed E-state index contributed by atoms with van der Waals surface area (Å²) in [6.07, 6.45) is 9.53. The third-order valence-electron chi connectivity index (χ3n) is 6.81.